The summed E-state index contributed by atoms with van der Waals surface area (Å²) in [5, 5.41) is 0. The average Bonchev–Trinajstić information content (AvgIpc) is 2.34. The van der Waals surface area contributed by atoms with Gasteiger partial charge in [0, 0.05) is 12.2 Å². The molecular weight excluding hydrogens is 200 g/mol. The summed E-state index contributed by atoms with van der Waals surface area (Å²) in [5.74, 6) is 0.0409. The summed E-state index contributed by atoms with van der Waals surface area (Å²) in [6.45, 7) is 6.04. The number of ketones is 1. The summed E-state index contributed by atoms with van der Waals surface area (Å²) in [7, 11) is 0. The van der Waals surface area contributed by atoms with Crippen LogP contribution in [0.1, 0.15) is 30.1 Å². The molecule has 0 fully saturated rings. The fourth-order valence-corrected chi connectivity index (χ4v) is 1.40. The van der Waals surface area contributed by atoms with E-state index < -0.39 is 0 Å². The van der Waals surface area contributed by atoms with Crippen LogP contribution in [0.15, 0.2) is 43.0 Å². The zero-order valence-corrected chi connectivity index (χ0v) is 9.69. The molecule has 0 amide bonds. The monoisotopic (exact) mass is 218 g/mol. The first-order valence-corrected chi connectivity index (χ1v) is 5.57. The number of hydrogen-bond acceptors (Lipinski definition) is 2. The molecule has 0 saturated heterocycles. The second-order valence-electron chi connectivity index (χ2n) is 3.67. The van der Waals surface area contributed by atoms with Crippen LogP contribution in [0.3, 0.4) is 0 Å². The minimum absolute atomic E-state index is 0.0409. The van der Waals surface area contributed by atoms with Crippen molar-refractivity contribution in [2.45, 2.75) is 25.9 Å². The zero-order chi connectivity index (χ0) is 11.8. The second-order valence-corrected chi connectivity index (χ2v) is 3.67. The highest BCUT2D eigenvalue weighted by atomic mass is 16.5. The quantitative estimate of drug-likeness (QED) is 0.399. The van der Waals surface area contributed by atoms with Gasteiger partial charge < -0.3 is 4.74 Å². The molecule has 0 spiro atoms. The van der Waals surface area contributed by atoms with Crippen molar-refractivity contribution in [1.82, 2.24) is 0 Å². The number of ether oxygens (including phenoxy) is 1. The van der Waals surface area contributed by atoms with E-state index in [4.69, 9.17) is 4.74 Å². The van der Waals surface area contributed by atoms with Gasteiger partial charge in [-0.3, -0.25) is 4.79 Å². The van der Waals surface area contributed by atoms with E-state index in [0.29, 0.717) is 12.2 Å². The van der Waals surface area contributed by atoms with E-state index in [9.17, 15) is 4.79 Å². The lowest BCUT2D eigenvalue weighted by Gasteiger charge is -2.11. The van der Waals surface area contributed by atoms with Crippen molar-refractivity contribution in [3.63, 3.8) is 0 Å². The molecule has 0 N–H and O–H groups in total. The van der Waals surface area contributed by atoms with Crippen LogP contribution in [-0.4, -0.2) is 18.5 Å². The third-order valence-electron chi connectivity index (χ3n) is 2.35. The Kier molecular flexibility index (Phi) is 5.51. The Morgan fingerprint density at radius 2 is 2.12 bits per heavy atom. The van der Waals surface area contributed by atoms with Gasteiger partial charge in [0.25, 0.3) is 0 Å². The summed E-state index contributed by atoms with van der Waals surface area (Å²) in [4.78, 5) is 11.9. The molecule has 1 rings (SSSR count). The minimum atomic E-state index is -0.368. The van der Waals surface area contributed by atoms with Crippen molar-refractivity contribution in [1.29, 1.82) is 0 Å². The van der Waals surface area contributed by atoms with Crippen molar-refractivity contribution < 1.29 is 9.53 Å². The molecule has 2 nitrogen and oxygen atoms in total. The van der Waals surface area contributed by atoms with Gasteiger partial charge in [0.2, 0.25) is 0 Å². The fourth-order valence-electron chi connectivity index (χ4n) is 1.40. The lowest BCUT2D eigenvalue weighted by Crippen LogP contribution is -2.21. The predicted molar refractivity (Wildman–Crippen MR) is 65.6 cm³/mol. The topological polar surface area (TPSA) is 26.3 Å². The van der Waals surface area contributed by atoms with Crippen LogP contribution >= 0.6 is 0 Å². The van der Waals surface area contributed by atoms with E-state index in [2.05, 4.69) is 6.58 Å². The molecule has 1 unspecified atom stereocenters. The van der Waals surface area contributed by atoms with Crippen LogP contribution in [-0.2, 0) is 4.74 Å². The van der Waals surface area contributed by atoms with Crippen molar-refractivity contribution in [3.05, 3.63) is 48.6 Å². The number of benzene rings is 1. The average molecular weight is 218 g/mol. The highest BCUT2D eigenvalue weighted by Crippen LogP contribution is 2.06. The molecule has 1 aromatic carbocycles. The molecular formula is C14H18O2. The van der Waals surface area contributed by atoms with Crippen molar-refractivity contribution in [2.75, 3.05) is 6.61 Å². The standard InChI is InChI=1S/C14H18O2/c1-3-4-8-11-16-12(2)14(15)13-9-6-5-7-10-13/h3,5-7,9-10,12H,1,4,8,11H2,2H3. The van der Waals surface area contributed by atoms with E-state index in [0.717, 1.165) is 12.8 Å². The zero-order valence-electron chi connectivity index (χ0n) is 9.69. The summed E-state index contributed by atoms with van der Waals surface area (Å²) in [6.07, 6.45) is 3.32. The van der Waals surface area contributed by atoms with Gasteiger partial charge in [-0.2, -0.15) is 0 Å². The van der Waals surface area contributed by atoms with Crippen LogP contribution in [0.5, 0.6) is 0 Å². The van der Waals surface area contributed by atoms with E-state index >= 15 is 0 Å². The van der Waals surface area contributed by atoms with Crippen LogP contribution in [0, 0.1) is 0 Å². The maximum absolute atomic E-state index is 11.9. The van der Waals surface area contributed by atoms with Gasteiger partial charge in [-0.05, 0) is 19.8 Å². The van der Waals surface area contributed by atoms with Crippen LogP contribution in [0.25, 0.3) is 0 Å². The van der Waals surface area contributed by atoms with E-state index in [-0.39, 0.29) is 11.9 Å². The lowest BCUT2D eigenvalue weighted by molar-refractivity contribution is 0.0471. The molecule has 0 radical (unpaired) electrons. The van der Waals surface area contributed by atoms with Crippen molar-refractivity contribution >= 4 is 5.78 Å². The van der Waals surface area contributed by atoms with E-state index in [1.807, 2.05) is 36.4 Å². The van der Waals surface area contributed by atoms with Gasteiger partial charge in [-0.15, -0.1) is 6.58 Å². The number of carbonyl (C=O) groups is 1. The molecule has 0 bridgehead atoms. The molecule has 1 atom stereocenters. The number of Topliss-reactive ketones (excluding diaryl/α,β-unsaturated/α-hetero) is 1. The van der Waals surface area contributed by atoms with Gasteiger partial charge >= 0.3 is 0 Å². The molecule has 16 heavy (non-hydrogen) atoms. The number of hydrogen-bond donors (Lipinski definition) is 0. The Labute approximate surface area is 96.9 Å². The Hall–Kier alpha value is -1.41. The third kappa shape index (κ3) is 3.99. The number of carbonyl (C=O) groups excluding carboxylic acids is 1. The molecule has 0 saturated carbocycles. The van der Waals surface area contributed by atoms with Crippen LogP contribution in [0.4, 0.5) is 0 Å². The summed E-state index contributed by atoms with van der Waals surface area (Å²) in [6, 6.07) is 9.24. The molecule has 0 aromatic heterocycles. The number of rotatable bonds is 7. The lowest BCUT2D eigenvalue weighted by atomic mass is 10.1. The normalized spacial score (nSPS) is 12.1. The summed E-state index contributed by atoms with van der Waals surface area (Å²) < 4.78 is 5.46. The molecule has 0 aliphatic rings. The van der Waals surface area contributed by atoms with Crippen LogP contribution in [0.2, 0.25) is 0 Å². The van der Waals surface area contributed by atoms with Crippen molar-refractivity contribution in [2.24, 2.45) is 0 Å². The first-order chi connectivity index (χ1) is 7.75. The Balaban J connectivity index is 2.39. The minimum Gasteiger partial charge on any atom is -0.370 e. The van der Waals surface area contributed by atoms with Gasteiger partial charge in [0.1, 0.15) is 6.10 Å². The van der Waals surface area contributed by atoms with E-state index in [1.165, 1.54) is 0 Å². The van der Waals surface area contributed by atoms with Gasteiger partial charge in [0.05, 0.1) is 0 Å². The largest absolute Gasteiger partial charge is 0.370 e. The van der Waals surface area contributed by atoms with Gasteiger partial charge in [-0.1, -0.05) is 36.4 Å². The Morgan fingerprint density at radius 3 is 2.75 bits per heavy atom. The highest BCUT2D eigenvalue weighted by Gasteiger charge is 2.14. The molecule has 2 heteroatoms. The maximum Gasteiger partial charge on any atom is 0.191 e. The smallest absolute Gasteiger partial charge is 0.191 e. The van der Waals surface area contributed by atoms with Crippen LogP contribution < -0.4 is 0 Å². The van der Waals surface area contributed by atoms with Gasteiger partial charge in [-0.25, -0.2) is 0 Å². The second kappa shape index (κ2) is 6.96. The number of allylic oxidation sites excluding steroid dienone is 1. The molecule has 86 valence electrons. The highest BCUT2D eigenvalue weighted by molar-refractivity contribution is 5.99. The SMILES string of the molecule is C=CCCCOC(C)C(=O)c1ccccc1. The first-order valence-electron chi connectivity index (χ1n) is 5.57. The first kappa shape index (κ1) is 12.7. The molecule has 0 aliphatic carbocycles. The van der Waals surface area contributed by atoms with Crippen molar-refractivity contribution in [3.8, 4) is 0 Å². The predicted octanol–water partition coefficient (Wildman–Crippen LogP) is 3.24. The third-order valence-corrected chi connectivity index (χ3v) is 2.35. The molecule has 1 aromatic rings. The fraction of sp³-hybridized carbons (Fsp3) is 0.357. The Morgan fingerprint density at radius 1 is 1.44 bits per heavy atom. The summed E-state index contributed by atoms with van der Waals surface area (Å²) >= 11 is 0. The molecule has 0 aliphatic heterocycles. The Bertz CT molecular complexity index is 330. The molecule has 0 heterocycles. The van der Waals surface area contributed by atoms with Gasteiger partial charge in [0.15, 0.2) is 5.78 Å². The number of unbranched alkanes of at least 4 members (excludes halogenated alkanes) is 1. The summed E-state index contributed by atoms with van der Waals surface area (Å²) in [5.41, 5.74) is 0.707. The maximum atomic E-state index is 11.9. The van der Waals surface area contributed by atoms with E-state index in [1.54, 1.807) is 6.92 Å².